The molecule has 2 aromatic rings. The lowest BCUT2D eigenvalue weighted by Crippen LogP contribution is -2.44. The zero-order valence-corrected chi connectivity index (χ0v) is 19.9. The van der Waals surface area contributed by atoms with Crippen LogP contribution in [0.5, 0.6) is 0 Å². The molecule has 0 spiro atoms. The van der Waals surface area contributed by atoms with E-state index in [1.54, 1.807) is 50.2 Å². The number of carboxylic acids is 1. The van der Waals surface area contributed by atoms with Crippen LogP contribution < -0.4 is 4.72 Å². The van der Waals surface area contributed by atoms with E-state index < -0.39 is 39.5 Å². The van der Waals surface area contributed by atoms with Gasteiger partial charge in [-0.05, 0) is 55.7 Å². The summed E-state index contributed by atoms with van der Waals surface area (Å²) in [5.41, 5.74) is 0.548. The monoisotopic (exact) mass is 493 g/mol. The number of hydrogen-bond acceptors (Lipinski definition) is 5. The van der Waals surface area contributed by atoms with Crippen molar-refractivity contribution in [2.45, 2.75) is 36.7 Å². The van der Waals surface area contributed by atoms with Crippen molar-refractivity contribution in [3.63, 3.8) is 0 Å². The first-order valence-corrected chi connectivity index (χ1v) is 11.9. The molecule has 9 nitrogen and oxygen atoms in total. The van der Waals surface area contributed by atoms with Crippen molar-refractivity contribution < 1.29 is 27.9 Å². The van der Waals surface area contributed by atoms with Crippen LogP contribution in [0, 0.1) is 0 Å². The zero-order chi connectivity index (χ0) is 24.6. The van der Waals surface area contributed by atoms with E-state index in [4.69, 9.17) is 11.6 Å². The van der Waals surface area contributed by atoms with Gasteiger partial charge in [-0.15, -0.1) is 0 Å². The van der Waals surface area contributed by atoms with E-state index in [1.807, 2.05) is 0 Å². The molecule has 0 aliphatic carbocycles. The number of carbonyl (C=O) groups is 3. The molecule has 1 heterocycles. The van der Waals surface area contributed by atoms with Gasteiger partial charge in [-0.2, -0.15) is 4.72 Å². The molecule has 0 radical (unpaired) electrons. The molecule has 0 aromatic heterocycles. The first-order chi connectivity index (χ1) is 15.3. The number of hydrogen-bond donors (Lipinski definition) is 2. The summed E-state index contributed by atoms with van der Waals surface area (Å²) in [5, 5.41) is 10.1. The van der Waals surface area contributed by atoms with E-state index in [0.29, 0.717) is 5.02 Å². The topological polar surface area (TPSA) is 124 Å². The number of nitrogens with zero attached hydrogens (tertiary/aromatic N) is 2. The van der Waals surface area contributed by atoms with E-state index in [-0.39, 0.29) is 17.9 Å². The smallest absolute Gasteiger partial charge is 0.327 e. The summed E-state index contributed by atoms with van der Waals surface area (Å²) in [6, 6.07) is 10.9. The Morgan fingerprint density at radius 3 is 2.03 bits per heavy atom. The molecule has 3 rings (SSSR count). The van der Waals surface area contributed by atoms with Gasteiger partial charge >= 0.3 is 12.0 Å². The summed E-state index contributed by atoms with van der Waals surface area (Å²) >= 11 is 5.88. The zero-order valence-electron chi connectivity index (χ0n) is 18.3. The van der Waals surface area contributed by atoms with E-state index in [0.717, 1.165) is 16.0 Å². The molecule has 33 heavy (non-hydrogen) atoms. The average Bonchev–Trinajstić information content (AvgIpc) is 2.91. The summed E-state index contributed by atoms with van der Waals surface area (Å²) in [6.45, 7) is 2.93. The molecular weight excluding hydrogens is 470 g/mol. The van der Waals surface area contributed by atoms with Gasteiger partial charge < -0.3 is 10.0 Å². The van der Waals surface area contributed by atoms with Crippen molar-refractivity contribution in [3.8, 4) is 11.1 Å². The van der Waals surface area contributed by atoms with Crippen LogP contribution in [0.15, 0.2) is 53.4 Å². The van der Waals surface area contributed by atoms with Crippen LogP contribution in [0.3, 0.4) is 0 Å². The maximum absolute atomic E-state index is 12.8. The minimum atomic E-state index is -4.17. The van der Waals surface area contributed by atoms with Crippen molar-refractivity contribution >= 4 is 39.5 Å². The molecule has 176 valence electrons. The van der Waals surface area contributed by atoms with Crippen LogP contribution in [-0.2, 0) is 19.6 Å². The third-order valence-corrected chi connectivity index (χ3v) is 7.44. The maximum atomic E-state index is 12.8. The Balaban J connectivity index is 1.72. The summed E-state index contributed by atoms with van der Waals surface area (Å²) < 4.78 is 27.7. The SMILES string of the molecule is CN1C(=O)N(CC[C@@H](NS(=O)(=O)c2ccc(-c3ccc(Cl)cc3)cc2)C(=O)O)C(=O)C1(C)C. The van der Waals surface area contributed by atoms with Crippen molar-refractivity contribution in [2.75, 3.05) is 13.6 Å². The van der Waals surface area contributed by atoms with Crippen molar-refractivity contribution in [2.24, 2.45) is 0 Å². The van der Waals surface area contributed by atoms with Gasteiger partial charge in [-0.1, -0.05) is 35.9 Å². The fourth-order valence-electron chi connectivity index (χ4n) is 3.39. The first kappa shape index (κ1) is 24.7. The predicted molar refractivity (Wildman–Crippen MR) is 122 cm³/mol. The van der Waals surface area contributed by atoms with Crippen molar-refractivity contribution in [1.29, 1.82) is 0 Å². The quantitative estimate of drug-likeness (QED) is 0.545. The Hall–Kier alpha value is -2.95. The highest BCUT2D eigenvalue weighted by atomic mass is 35.5. The highest BCUT2D eigenvalue weighted by Gasteiger charge is 2.49. The van der Waals surface area contributed by atoms with E-state index in [2.05, 4.69) is 4.72 Å². The lowest BCUT2D eigenvalue weighted by Gasteiger charge is -2.22. The second-order valence-corrected chi connectivity index (χ2v) is 10.3. The Morgan fingerprint density at radius 2 is 1.58 bits per heavy atom. The van der Waals surface area contributed by atoms with Gasteiger partial charge in [0.1, 0.15) is 11.6 Å². The Morgan fingerprint density at radius 1 is 1.06 bits per heavy atom. The minimum absolute atomic E-state index is 0.111. The average molecular weight is 494 g/mol. The number of urea groups is 1. The highest BCUT2D eigenvalue weighted by Crippen LogP contribution is 2.26. The molecule has 0 unspecified atom stereocenters. The molecule has 0 saturated carbocycles. The third-order valence-electron chi connectivity index (χ3n) is 5.70. The number of halogens is 1. The number of amides is 3. The standard InChI is InChI=1S/C22H24ClN3O6S/c1-22(2)20(29)26(21(30)25(22)3)13-12-18(19(27)28)24-33(31,32)17-10-6-15(7-11-17)14-4-8-16(23)9-5-14/h4-11,18,24H,12-13H2,1-3H3,(H,27,28)/t18-/m1/s1. The van der Waals surface area contributed by atoms with Crippen LogP contribution in [0.2, 0.25) is 5.02 Å². The lowest BCUT2D eigenvalue weighted by atomic mass is 10.1. The molecular formula is C22H24ClN3O6S. The number of carboxylic acid groups (broad SMARTS) is 1. The predicted octanol–water partition coefficient (Wildman–Crippen LogP) is 2.80. The summed E-state index contributed by atoms with van der Waals surface area (Å²) in [4.78, 5) is 38.6. The molecule has 1 fully saturated rings. The van der Waals surface area contributed by atoms with Crippen molar-refractivity contribution in [1.82, 2.24) is 14.5 Å². The van der Waals surface area contributed by atoms with Gasteiger partial charge in [0.2, 0.25) is 10.0 Å². The number of nitrogens with one attached hydrogen (secondary N) is 1. The van der Waals surface area contributed by atoms with Crippen LogP contribution in [-0.4, -0.2) is 66.4 Å². The third kappa shape index (κ3) is 5.02. The Labute approximate surface area is 197 Å². The van der Waals surface area contributed by atoms with E-state index in [1.165, 1.54) is 24.1 Å². The van der Waals surface area contributed by atoms with Gasteiger partial charge in [0, 0.05) is 18.6 Å². The van der Waals surface area contributed by atoms with Gasteiger partial charge in [-0.3, -0.25) is 14.5 Å². The second-order valence-electron chi connectivity index (χ2n) is 8.19. The Bertz CT molecular complexity index is 1180. The van der Waals surface area contributed by atoms with Crippen molar-refractivity contribution in [3.05, 3.63) is 53.6 Å². The van der Waals surface area contributed by atoms with E-state index >= 15 is 0 Å². The van der Waals surface area contributed by atoms with Crippen LogP contribution in [0.25, 0.3) is 11.1 Å². The number of rotatable bonds is 8. The number of carbonyl (C=O) groups excluding carboxylic acids is 2. The van der Waals surface area contributed by atoms with Gasteiger partial charge in [0.05, 0.1) is 4.90 Å². The fraction of sp³-hybridized carbons (Fsp3) is 0.318. The van der Waals surface area contributed by atoms with Gasteiger partial charge in [0.15, 0.2) is 0 Å². The molecule has 2 aromatic carbocycles. The molecule has 11 heteroatoms. The summed E-state index contributed by atoms with van der Waals surface area (Å²) in [6.07, 6.45) is -0.279. The molecule has 2 N–H and O–H groups in total. The summed E-state index contributed by atoms with van der Waals surface area (Å²) in [7, 11) is -2.69. The van der Waals surface area contributed by atoms with E-state index in [9.17, 15) is 27.9 Å². The Kier molecular flexibility index (Phi) is 6.83. The molecule has 1 saturated heterocycles. The second kappa shape index (κ2) is 9.12. The number of likely N-dealkylation sites (N-methyl/N-ethyl adjacent to an activating group) is 1. The number of aliphatic carboxylic acids is 1. The molecule has 0 bridgehead atoms. The van der Waals surface area contributed by atoms with Gasteiger partial charge in [0.25, 0.3) is 5.91 Å². The highest BCUT2D eigenvalue weighted by molar-refractivity contribution is 7.89. The maximum Gasteiger partial charge on any atom is 0.327 e. The number of imide groups is 1. The number of benzene rings is 2. The molecule has 1 aliphatic rings. The molecule has 1 aliphatic heterocycles. The molecule has 3 amide bonds. The van der Waals surface area contributed by atoms with Crippen LogP contribution in [0.4, 0.5) is 4.79 Å². The number of sulfonamides is 1. The van der Waals surface area contributed by atoms with Gasteiger partial charge in [-0.25, -0.2) is 13.2 Å². The minimum Gasteiger partial charge on any atom is -0.480 e. The molecule has 1 atom stereocenters. The first-order valence-electron chi connectivity index (χ1n) is 10.1. The fourth-order valence-corrected chi connectivity index (χ4v) is 4.74. The lowest BCUT2D eigenvalue weighted by molar-refractivity contribution is -0.139. The normalized spacial score (nSPS) is 16.8. The van der Waals surface area contributed by atoms with Crippen LogP contribution >= 0.6 is 11.6 Å². The largest absolute Gasteiger partial charge is 0.480 e. The van der Waals surface area contributed by atoms with Crippen LogP contribution in [0.1, 0.15) is 20.3 Å². The summed E-state index contributed by atoms with van der Waals surface area (Å²) in [5.74, 6) is -1.89.